The second-order valence-corrected chi connectivity index (χ2v) is 5.02. The van der Waals surface area contributed by atoms with Crippen molar-refractivity contribution >= 4 is 17.3 Å². The topological polar surface area (TPSA) is 91.5 Å². The third-order valence-electron chi connectivity index (χ3n) is 3.47. The van der Waals surface area contributed by atoms with E-state index in [0.29, 0.717) is 17.2 Å². The van der Waals surface area contributed by atoms with E-state index in [-0.39, 0.29) is 11.7 Å². The summed E-state index contributed by atoms with van der Waals surface area (Å²) in [6, 6.07) is 13.0. The summed E-state index contributed by atoms with van der Waals surface area (Å²) in [5.74, 6) is 0.931. The molecule has 24 heavy (non-hydrogen) atoms. The summed E-state index contributed by atoms with van der Waals surface area (Å²) in [5, 5.41) is 0. The number of rotatable bonds is 4. The fourth-order valence-electron chi connectivity index (χ4n) is 2.21. The van der Waals surface area contributed by atoms with Crippen molar-refractivity contribution in [3.8, 4) is 11.4 Å². The Kier molecular flexibility index (Phi) is 4.15. The second kappa shape index (κ2) is 6.41. The molecule has 2 aromatic carbocycles. The van der Waals surface area contributed by atoms with E-state index in [9.17, 15) is 4.39 Å². The molecule has 0 spiro atoms. The molecule has 3 aromatic rings. The van der Waals surface area contributed by atoms with Gasteiger partial charge in [-0.2, -0.15) is 0 Å². The van der Waals surface area contributed by atoms with Crippen molar-refractivity contribution < 1.29 is 9.13 Å². The third kappa shape index (κ3) is 3.05. The van der Waals surface area contributed by atoms with E-state index < -0.39 is 0 Å². The highest BCUT2D eigenvalue weighted by molar-refractivity contribution is 6.01. The second-order valence-electron chi connectivity index (χ2n) is 5.02. The quantitative estimate of drug-likeness (QED) is 0.570. The molecule has 0 amide bonds. The summed E-state index contributed by atoms with van der Waals surface area (Å²) in [6.45, 7) is 0. The Hall–Kier alpha value is -3.35. The molecule has 0 atom stereocenters. The van der Waals surface area contributed by atoms with Crippen molar-refractivity contribution in [2.45, 2.75) is 0 Å². The Morgan fingerprint density at radius 1 is 1.12 bits per heavy atom. The minimum Gasteiger partial charge on any atom is -0.497 e. The van der Waals surface area contributed by atoms with Gasteiger partial charge in [-0.1, -0.05) is 0 Å². The van der Waals surface area contributed by atoms with Gasteiger partial charge < -0.3 is 16.2 Å². The number of ether oxygens (including phenoxy) is 1. The van der Waals surface area contributed by atoms with Gasteiger partial charge in [0.1, 0.15) is 29.4 Å². The molecule has 1 aromatic heterocycles. The summed E-state index contributed by atoms with van der Waals surface area (Å²) in [4.78, 5) is 8.44. The van der Waals surface area contributed by atoms with Crippen LogP contribution in [0.2, 0.25) is 0 Å². The number of aromatic nitrogens is 2. The van der Waals surface area contributed by atoms with Gasteiger partial charge in [0.25, 0.3) is 0 Å². The highest BCUT2D eigenvalue weighted by atomic mass is 19.1. The SMILES string of the molecule is COc1ccc(-n2cnc(C(N)=Nc3ccc(F)cc3)c2N)cc1. The monoisotopic (exact) mass is 325 g/mol. The molecule has 7 heteroatoms. The minimum atomic E-state index is -0.337. The van der Waals surface area contributed by atoms with Crippen molar-refractivity contribution in [2.75, 3.05) is 12.8 Å². The van der Waals surface area contributed by atoms with Crippen LogP contribution >= 0.6 is 0 Å². The van der Waals surface area contributed by atoms with Gasteiger partial charge in [-0.25, -0.2) is 14.4 Å². The Labute approximate surface area is 138 Å². The maximum Gasteiger partial charge on any atom is 0.153 e. The van der Waals surface area contributed by atoms with Gasteiger partial charge in [0.2, 0.25) is 0 Å². The van der Waals surface area contributed by atoms with Crippen LogP contribution in [0.5, 0.6) is 5.75 Å². The van der Waals surface area contributed by atoms with Crippen molar-refractivity contribution in [1.29, 1.82) is 0 Å². The molecule has 1 heterocycles. The minimum absolute atomic E-state index is 0.159. The summed E-state index contributed by atoms with van der Waals surface area (Å²) in [6.07, 6.45) is 1.57. The van der Waals surface area contributed by atoms with Gasteiger partial charge in [0.15, 0.2) is 5.84 Å². The van der Waals surface area contributed by atoms with E-state index in [1.54, 1.807) is 18.0 Å². The highest BCUT2D eigenvalue weighted by Gasteiger charge is 2.12. The molecule has 0 aliphatic rings. The molecule has 0 radical (unpaired) electrons. The predicted octanol–water partition coefficient (Wildman–Crippen LogP) is 2.64. The number of nitrogens with zero attached hydrogens (tertiary/aromatic N) is 3. The summed E-state index contributed by atoms with van der Waals surface area (Å²) in [7, 11) is 1.60. The summed E-state index contributed by atoms with van der Waals surface area (Å²) in [5.41, 5.74) is 13.8. The standard InChI is InChI=1S/C17H16FN5O/c1-24-14-8-6-13(7-9-14)23-10-21-15(17(23)20)16(19)22-12-4-2-11(18)3-5-12/h2-10H,20H2,1H3,(H2,19,22). The number of hydrogen-bond acceptors (Lipinski definition) is 4. The van der Waals surface area contributed by atoms with Crippen LogP contribution in [0.25, 0.3) is 5.69 Å². The number of aliphatic imine (C=N–C) groups is 1. The van der Waals surface area contributed by atoms with Gasteiger partial charge in [-0.15, -0.1) is 0 Å². The first kappa shape index (κ1) is 15.5. The van der Waals surface area contributed by atoms with Crippen molar-refractivity contribution in [3.63, 3.8) is 0 Å². The molecular formula is C17H16FN5O. The van der Waals surface area contributed by atoms with E-state index in [1.165, 1.54) is 24.3 Å². The predicted molar refractivity (Wildman–Crippen MR) is 91.3 cm³/mol. The number of benzene rings is 2. The van der Waals surface area contributed by atoms with E-state index in [0.717, 1.165) is 11.4 Å². The normalized spacial score (nSPS) is 11.5. The zero-order valence-corrected chi connectivity index (χ0v) is 13.0. The Morgan fingerprint density at radius 3 is 2.42 bits per heavy atom. The lowest BCUT2D eigenvalue weighted by atomic mass is 10.3. The first-order valence-electron chi connectivity index (χ1n) is 7.16. The fraction of sp³-hybridized carbons (Fsp3) is 0.0588. The number of halogens is 1. The first-order valence-corrected chi connectivity index (χ1v) is 7.16. The average Bonchev–Trinajstić information content (AvgIpc) is 2.98. The van der Waals surface area contributed by atoms with Gasteiger partial charge >= 0.3 is 0 Å². The molecule has 3 rings (SSSR count). The molecule has 0 aliphatic heterocycles. The number of imidazole rings is 1. The Morgan fingerprint density at radius 2 is 1.79 bits per heavy atom. The number of amidine groups is 1. The fourth-order valence-corrected chi connectivity index (χ4v) is 2.21. The molecule has 0 unspecified atom stereocenters. The number of anilines is 1. The van der Waals surface area contributed by atoms with Crippen LogP contribution in [0.4, 0.5) is 15.9 Å². The third-order valence-corrected chi connectivity index (χ3v) is 3.47. The maximum absolute atomic E-state index is 12.9. The lowest BCUT2D eigenvalue weighted by molar-refractivity contribution is 0.415. The molecular weight excluding hydrogens is 309 g/mol. The number of nitrogens with two attached hydrogens (primary N) is 2. The zero-order valence-electron chi connectivity index (χ0n) is 13.0. The summed E-state index contributed by atoms with van der Waals surface area (Å²) < 4.78 is 19.8. The van der Waals surface area contributed by atoms with Gasteiger partial charge in [-0.3, -0.25) is 4.57 Å². The maximum atomic E-state index is 12.9. The van der Waals surface area contributed by atoms with E-state index >= 15 is 0 Å². The van der Waals surface area contributed by atoms with Crippen LogP contribution in [0.15, 0.2) is 59.9 Å². The van der Waals surface area contributed by atoms with Gasteiger partial charge in [0, 0.05) is 5.69 Å². The lowest BCUT2D eigenvalue weighted by Gasteiger charge is -2.07. The van der Waals surface area contributed by atoms with Crippen molar-refractivity contribution in [3.05, 3.63) is 66.4 Å². The molecule has 0 fully saturated rings. The van der Waals surface area contributed by atoms with E-state index in [2.05, 4.69) is 9.98 Å². The van der Waals surface area contributed by atoms with E-state index in [1.807, 2.05) is 24.3 Å². The average molecular weight is 325 g/mol. The lowest BCUT2D eigenvalue weighted by Crippen LogP contribution is -2.16. The van der Waals surface area contributed by atoms with Crippen LogP contribution in [-0.4, -0.2) is 22.5 Å². The Bertz CT molecular complexity index is 869. The molecule has 4 N–H and O–H groups in total. The highest BCUT2D eigenvalue weighted by Crippen LogP contribution is 2.21. The molecule has 6 nitrogen and oxygen atoms in total. The number of methoxy groups -OCH3 is 1. The molecule has 122 valence electrons. The number of hydrogen-bond donors (Lipinski definition) is 2. The summed E-state index contributed by atoms with van der Waals surface area (Å²) >= 11 is 0. The van der Waals surface area contributed by atoms with Gasteiger partial charge in [0.05, 0.1) is 12.8 Å². The van der Waals surface area contributed by atoms with Crippen LogP contribution in [-0.2, 0) is 0 Å². The smallest absolute Gasteiger partial charge is 0.153 e. The van der Waals surface area contributed by atoms with E-state index in [4.69, 9.17) is 16.2 Å². The van der Waals surface area contributed by atoms with Crippen molar-refractivity contribution in [2.24, 2.45) is 10.7 Å². The number of nitrogen functional groups attached to an aromatic ring is 1. The molecule has 0 aliphatic carbocycles. The van der Waals surface area contributed by atoms with Crippen LogP contribution in [0.1, 0.15) is 5.69 Å². The first-order chi connectivity index (χ1) is 11.6. The van der Waals surface area contributed by atoms with Crippen LogP contribution in [0, 0.1) is 5.82 Å². The molecule has 0 saturated heterocycles. The Balaban J connectivity index is 1.92. The molecule has 0 saturated carbocycles. The van der Waals surface area contributed by atoms with Crippen molar-refractivity contribution in [1.82, 2.24) is 9.55 Å². The zero-order chi connectivity index (χ0) is 17.1. The van der Waals surface area contributed by atoms with Gasteiger partial charge in [-0.05, 0) is 48.5 Å². The van der Waals surface area contributed by atoms with Crippen LogP contribution < -0.4 is 16.2 Å². The van der Waals surface area contributed by atoms with Crippen LogP contribution in [0.3, 0.4) is 0 Å². The largest absolute Gasteiger partial charge is 0.497 e. The molecule has 0 bridgehead atoms.